The molecule has 0 radical (unpaired) electrons. The molecule has 1 aliphatic heterocycles. The lowest BCUT2D eigenvalue weighted by atomic mass is 10.2. The Morgan fingerprint density at radius 3 is 2.59 bits per heavy atom. The molecule has 1 amide bonds. The van der Waals surface area contributed by atoms with E-state index >= 15 is 0 Å². The summed E-state index contributed by atoms with van der Waals surface area (Å²) in [6.07, 6.45) is 0. The largest absolute Gasteiger partial charge is 0.369 e. The fraction of sp³-hybridized carbons (Fsp3) is 0.435. The van der Waals surface area contributed by atoms with Crippen LogP contribution in [0, 0.1) is 13.8 Å². The van der Waals surface area contributed by atoms with Crippen molar-refractivity contribution < 1.29 is 4.79 Å². The molecule has 1 saturated heterocycles. The maximum atomic E-state index is 12.6. The number of thiophene rings is 1. The second-order valence-electron chi connectivity index (χ2n) is 8.26. The predicted molar refractivity (Wildman–Crippen MR) is 135 cm³/mol. The summed E-state index contributed by atoms with van der Waals surface area (Å²) in [7, 11) is 2.14. The summed E-state index contributed by atoms with van der Waals surface area (Å²) in [5.41, 5.74) is 2.86. The molecule has 9 heteroatoms. The number of H-pyrrole nitrogens is 1. The second-order valence-corrected chi connectivity index (χ2v) is 10.8. The van der Waals surface area contributed by atoms with Crippen LogP contribution >= 0.6 is 23.1 Å². The highest BCUT2D eigenvalue weighted by Crippen LogP contribution is 2.27. The summed E-state index contributed by atoms with van der Waals surface area (Å²) < 4.78 is 0. The molecular formula is C23H29N5O2S2. The highest BCUT2D eigenvalue weighted by Gasteiger charge is 2.17. The number of thioether (sulfide) groups is 1. The van der Waals surface area contributed by atoms with Crippen molar-refractivity contribution in [2.24, 2.45) is 0 Å². The molecule has 3 aromatic rings. The molecule has 0 bridgehead atoms. The first-order valence-electron chi connectivity index (χ1n) is 10.8. The number of carbonyl (C=O) groups is 1. The Hall–Kier alpha value is -2.36. The summed E-state index contributed by atoms with van der Waals surface area (Å²) >= 11 is 2.99. The first kappa shape index (κ1) is 22.8. The van der Waals surface area contributed by atoms with Crippen LogP contribution in [0.25, 0.3) is 10.2 Å². The van der Waals surface area contributed by atoms with Crippen molar-refractivity contribution in [1.82, 2.24) is 14.9 Å². The Morgan fingerprint density at radius 1 is 1.22 bits per heavy atom. The fourth-order valence-electron chi connectivity index (χ4n) is 3.71. The number of carbonyl (C=O) groups excluding carboxylic acids is 1. The normalized spacial score (nSPS) is 15.8. The standard InChI is InChI=1S/C23H29N5O2S2/c1-14-15(2)32-23-20(14)22(30)25-19(26-23)13-31-16(3)21(29)24-17-5-7-18(8-6-17)28-11-9-27(4)10-12-28/h5-8,16H,9-13H2,1-4H3,(H,24,29)(H,25,26,30)/t16-/m1/s1. The minimum absolute atomic E-state index is 0.0615. The number of amides is 1. The predicted octanol–water partition coefficient (Wildman–Crippen LogP) is 3.61. The summed E-state index contributed by atoms with van der Waals surface area (Å²) in [5.74, 6) is 1.01. The molecular weight excluding hydrogens is 442 g/mol. The van der Waals surface area contributed by atoms with Crippen molar-refractivity contribution in [3.63, 3.8) is 0 Å². The van der Waals surface area contributed by atoms with E-state index < -0.39 is 0 Å². The van der Waals surface area contributed by atoms with Crippen molar-refractivity contribution >= 4 is 50.6 Å². The minimum Gasteiger partial charge on any atom is -0.369 e. The van der Waals surface area contributed by atoms with Crippen LogP contribution in [0.3, 0.4) is 0 Å². The van der Waals surface area contributed by atoms with Crippen LogP contribution in [0.15, 0.2) is 29.1 Å². The first-order valence-corrected chi connectivity index (χ1v) is 12.6. The van der Waals surface area contributed by atoms with Gasteiger partial charge in [0.2, 0.25) is 5.91 Å². The van der Waals surface area contributed by atoms with Gasteiger partial charge in [0.1, 0.15) is 10.7 Å². The summed E-state index contributed by atoms with van der Waals surface area (Å²) in [4.78, 5) is 39.1. The molecule has 1 atom stereocenters. The zero-order valence-electron chi connectivity index (χ0n) is 18.9. The molecule has 2 N–H and O–H groups in total. The molecule has 1 aromatic carbocycles. The number of aromatic nitrogens is 2. The summed E-state index contributed by atoms with van der Waals surface area (Å²) in [5, 5.41) is 3.39. The van der Waals surface area contributed by atoms with Crippen molar-refractivity contribution in [3.05, 3.63) is 50.9 Å². The Morgan fingerprint density at radius 2 is 1.91 bits per heavy atom. The molecule has 32 heavy (non-hydrogen) atoms. The average molecular weight is 472 g/mol. The number of nitrogens with one attached hydrogen (secondary N) is 2. The van der Waals surface area contributed by atoms with Crippen LogP contribution in [0.1, 0.15) is 23.2 Å². The minimum atomic E-state index is -0.278. The van der Waals surface area contributed by atoms with E-state index in [1.54, 1.807) is 0 Å². The SMILES string of the molecule is Cc1sc2nc(CS[C@H](C)C(=O)Nc3ccc(N4CCN(C)CC4)cc3)[nH]c(=O)c2c1C. The number of hydrogen-bond acceptors (Lipinski definition) is 7. The van der Waals surface area contributed by atoms with E-state index in [1.807, 2.05) is 32.9 Å². The average Bonchev–Trinajstić information content (AvgIpc) is 3.07. The third-order valence-corrected chi connectivity index (χ3v) is 8.19. The molecule has 1 aliphatic rings. The van der Waals surface area contributed by atoms with Gasteiger partial charge < -0.3 is 20.1 Å². The van der Waals surface area contributed by atoms with Gasteiger partial charge in [-0.25, -0.2) is 4.98 Å². The molecule has 2 aromatic heterocycles. The molecule has 3 heterocycles. The number of nitrogens with zero attached hydrogens (tertiary/aromatic N) is 3. The lowest BCUT2D eigenvalue weighted by Crippen LogP contribution is -2.44. The van der Waals surface area contributed by atoms with Gasteiger partial charge in [-0.15, -0.1) is 23.1 Å². The number of aryl methyl sites for hydroxylation is 2. The van der Waals surface area contributed by atoms with Crippen molar-refractivity contribution in [3.8, 4) is 0 Å². The smallest absolute Gasteiger partial charge is 0.259 e. The van der Waals surface area contributed by atoms with Gasteiger partial charge >= 0.3 is 0 Å². The van der Waals surface area contributed by atoms with Crippen LogP contribution in [0.5, 0.6) is 0 Å². The molecule has 4 rings (SSSR count). The number of rotatable bonds is 6. The quantitative estimate of drug-likeness (QED) is 0.572. The monoisotopic (exact) mass is 471 g/mol. The van der Waals surface area contributed by atoms with Gasteiger partial charge in [0.15, 0.2) is 0 Å². The highest BCUT2D eigenvalue weighted by molar-refractivity contribution is 7.99. The molecule has 7 nitrogen and oxygen atoms in total. The molecule has 0 spiro atoms. The third kappa shape index (κ3) is 5.00. The van der Waals surface area contributed by atoms with E-state index in [0.29, 0.717) is 17.0 Å². The lowest BCUT2D eigenvalue weighted by Gasteiger charge is -2.34. The van der Waals surface area contributed by atoms with Crippen LogP contribution in [0.2, 0.25) is 0 Å². The first-order chi connectivity index (χ1) is 15.3. The van der Waals surface area contributed by atoms with Crippen LogP contribution in [0.4, 0.5) is 11.4 Å². The number of likely N-dealkylation sites (N-methyl/N-ethyl adjacent to an activating group) is 1. The molecule has 1 fully saturated rings. The Balaban J connectivity index is 1.33. The van der Waals surface area contributed by atoms with Crippen LogP contribution < -0.4 is 15.8 Å². The van der Waals surface area contributed by atoms with Crippen molar-refractivity contribution in [2.45, 2.75) is 31.8 Å². The van der Waals surface area contributed by atoms with Crippen molar-refractivity contribution in [1.29, 1.82) is 0 Å². The topological polar surface area (TPSA) is 81.3 Å². The van der Waals surface area contributed by atoms with Gasteiger partial charge in [0.25, 0.3) is 5.56 Å². The highest BCUT2D eigenvalue weighted by atomic mass is 32.2. The van der Waals surface area contributed by atoms with E-state index in [2.05, 4.69) is 44.3 Å². The van der Waals surface area contributed by atoms with Gasteiger partial charge in [-0.05, 0) is 57.6 Å². The van der Waals surface area contributed by atoms with Gasteiger partial charge in [-0.2, -0.15) is 0 Å². The lowest BCUT2D eigenvalue weighted by molar-refractivity contribution is -0.115. The van der Waals surface area contributed by atoms with Crippen LogP contribution in [-0.2, 0) is 10.5 Å². The van der Waals surface area contributed by atoms with Gasteiger partial charge in [0, 0.05) is 42.4 Å². The maximum absolute atomic E-state index is 12.6. The summed E-state index contributed by atoms with van der Waals surface area (Å²) in [6.45, 7) is 9.97. The molecule has 0 saturated carbocycles. The second kappa shape index (κ2) is 9.64. The van der Waals surface area contributed by atoms with E-state index in [1.165, 1.54) is 28.8 Å². The van der Waals surface area contributed by atoms with Gasteiger partial charge in [-0.1, -0.05) is 0 Å². The Bertz CT molecular complexity index is 1160. The third-order valence-electron chi connectivity index (χ3n) is 5.93. The number of benzene rings is 1. The molecule has 0 unspecified atom stereocenters. The van der Waals surface area contributed by atoms with E-state index in [-0.39, 0.29) is 16.7 Å². The van der Waals surface area contributed by atoms with Gasteiger partial charge in [0.05, 0.1) is 16.4 Å². The fourth-order valence-corrected chi connectivity index (χ4v) is 5.52. The van der Waals surface area contributed by atoms with E-state index in [9.17, 15) is 9.59 Å². The zero-order valence-corrected chi connectivity index (χ0v) is 20.5. The Labute approximate surface area is 196 Å². The van der Waals surface area contributed by atoms with Crippen LogP contribution in [-0.4, -0.2) is 59.3 Å². The number of aromatic amines is 1. The molecule has 170 valence electrons. The Kier molecular flexibility index (Phi) is 6.88. The van der Waals surface area contributed by atoms with E-state index in [0.717, 1.165) is 47.1 Å². The number of piperazine rings is 1. The number of hydrogen-bond donors (Lipinski definition) is 2. The van der Waals surface area contributed by atoms with Gasteiger partial charge in [-0.3, -0.25) is 9.59 Å². The number of fused-ring (bicyclic) bond motifs is 1. The van der Waals surface area contributed by atoms with E-state index in [4.69, 9.17) is 0 Å². The molecule has 0 aliphatic carbocycles. The zero-order chi connectivity index (χ0) is 22.8. The summed E-state index contributed by atoms with van der Waals surface area (Å²) in [6, 6.07) is 8.04. The maximum Gasteiger partial charge on any atom is 0.259 e. The van der Waals surface area contributed by atoms with Crippen molar-refractivity contribution in [2.75, 3.05) is 43.4 Å². The number of anilines is 2.